The molecule has 118 valence electrons. The van der Waals surface area contributed by atoms with Crippen molar-refractivity contribution in [3.8, 4) is 22.3 Å². The summed E-state index contributed by atoms with van der Waals surface area (Å²) in [5, 5.41) is 6.62. The minimum Gasteiger partial charge on any atom is -0.372 e. The predicted octanol–water partition coefficient (Wildman–Crippen LogP) is 4.51. The second-order valence-corrected chi connectivity index (χ2v) is 5.95. The Morgan fingerprint density at radius 2 is 1.04 bits per heavy atom. The molecule has 24 heavy (non-hydrogen) atoms. The van der Waals surface area contributed by atoms with Crippen LogP contribution in [0.5, 0.6) is 0 Å². The Morgan fingerprint density at radius 1 is 0.542 bits per heavy atom. The summed E-state index contributed by atoms with van der Waals surface area (Å²) in [6, 6.07) is 28.0. The Hall–Kier alpha value is -2.84. The quantitative estimate of drug-likeness (QED) is 0.743. The van der Waals surface area contributed by atoms with Crippen molar-refractivity contribution < 1.29 is 0 Å². The molecule has 0 amide bonds. The summed E-state index contributed by atoms with van der Waals surface area (Å²) >= 11 is 0. The summed E-state index contributed by atoms with van der Waals surface area (Å²) in [7, 11) is 0. The first-order valence-corrected chi connectivity index (χ1v) is 8.31. The second-order valence-electron chi connectivity index (χ2n) is 5.95. The van der Waals surface area contributed by atoms with Crippen LogP contribution < -0.4 is 10.6 Å². The highest BCUT2D eigenvalue weighted by molar-refractivity contribution is 5.72. The lowest BCUT2D eigenvalue weighted by Crippen LogP contribution is -2.32. The van der Waals surface area contributed by atoms with Crippen LogP contribution >= 0.6 is 0 Å². The smallest absolute Gasteiger partial charge is 0.0655 e. The zero-order chi connectivity index (χ0) is 16.2. The fourth-order valence-electron chi connectivity index (χ4n) is 3.02. The highest BCUT2D eigenvalue weighted by Crippen LogP contribution is 2.26. The average molecular weight is 312 g/mol. The number of hydrogen-bond acceptors (Lipinski definition) is 2. The van der Waals surface area contributed by atoms with Crippen molar-refractivity contribution in [2.75, 3.05) is 13.2 Å². The normalized spacial score (nSPS) is 13.9. The third-order valence-electron chi connectivity index (χ3n) is 4.38. The SMILES string of the molecule is C1=C(c2ccc(-c3ccc(-c4ccccc4)cc3)cc2)NCNC1. The highest BCUT2D eigenvalue weighted by Gasteiger charge is 2.05. The van der Waals surface area contributed by atoms with E-state index < -0.39 is 0 Å². The number of benzene rings is 3. The first-order valence-electron chi connectivity index (χ1n) is 8.31. The van der Waals surface area contributed by atoms with E-state index in [1.165, 1.54) is 33.5 Å². The van der Waals surface area contributed by atoms with Gasteiger partial charge in [-0.15, -0.1) is 0 Å². The Bertz CT molecular complexity index is 831. The molecule has 1 aliphatic heterocycles. The lowest BCUT2D eigenvalue weighted by Gasteiger charge is -2.17. The number of rotatable bonds is 3. The maximum Gasteiger partial charge on any atom is 0.0655 e. The second kappa shape index (κ2) is 6.73. The molecule has 0 saturated carbocycles. The Morgan fingerprint density at radius 3 is 1.54 bits per heavy atom. The van der Waals surface area contributed by atoms with Crippen molar-refractivity contribution in [3.63, 3.8) is 0 Å². The molecule has 0 unspecified atom stereocenters. The molecule has 3 aromatic carbocycles. The van der Waals surface area contributed by atoms with Gasteiger partial charge in [0.05, 0.1) is 6.67 Å². The largest absolute Gasteiger partial charge is 0.372 e. The van der Waals surface area contributed by atoms with Gasteiger partial charge >= 0.3 is 0 Å². The molecular formula is C22H20N2. The van der Waals surface area contributed by atoms with E-state index in [0.29, 0.717) is 0 Å². The fraction of sp³-hybridized carbons (Fsp3) is 0.0909. The van der Waals surface area contributed by atoms with Crippen molar-refractivity contribution >= 4 is 5.70 Å². The third kappa shape index (κ3) is 3.10. The van der Waals surface area contributed by atoms with Crippen molar-refractivity contribution in [2.45, 2.75) is 0 Å². The van der Waals surface area contributed by atoms with Crippen LogP contribution in [0.1, 0.15) is 5.56 Å². The topological polar surface area (TPSA) is 24.1 Å². The molecule has 3 aromatic rings. The molecular weight excluding hydrogens is 292 g/mol. The van der Waals surface area contributed by atoms with Gasteiger partial charge in [0.2, 0.25) is 0 Å². The van der Waals surface area contributed by atoms with Crippen LogP contribution in [0, 0.1) is 0 Å². The first kappa shape index (κ1) is 14.7. The molecule has 0 bridgehead atoms. The van der Waals surface area contributed by atoms with Crippen LogP contribution in [-0.2, 0) is 0 Å². The van der Waals surface area contributed by atoms with Crippen LogP contribution in [0.2, 0.25) is 0 Å². The van der Waals surface area contributed by atoms with Gasteiger partial charge in [0.25, 0.3) is 0 Å². The van der Waals surface area contributed by atoms with Gasteiger partial charge in [-0.3, -0.25) is 5.32 Å². The lowest BCUT2D eigenvalue weighted by atomic mass is 9.99. The highest BCUT2D eigenvalue weighted by atomic mass is 15.1. The third-order valence-corrected chi connectivity index (χ3v) is 4.38. The molecule has 2 nitrogen and oxygen atoms in total. The summed E-state index contributed by atoms with van der Waals surface area (Å²) < 4.78 is 0. The molecule has 0 saturated heterocycles. The van der Waals surface area contributed by atoms with E-state index in [2.05, 4.69) is 89.5 Å². The molecule has 0 aliphatic carbocycles. The molecule has 1 aliphatic rings. The van der Waals surface area contributed by atoms with Crippen LogP contribution in [0.15, 0.2) is 84.9 Å². The zero-order valence-corrected chi connectivity index (χ0v) is 13.5. The van der Waals surface area contributed by atoms with E-state index in [-0.39, 0.29) is 0 Å². The van der Waals surface area contributed by atoms with Gasteiger partial charge in [-0.25, -0.2) is 0 Å². The van der Waals surface area contributed by atoms with Crippen LogP contribution in [0.3, 0.4) is 0 Å². The maximum absolute atomic E-state index is 3.37. The van der Waals surface area contributed by atoms with E-state index in [1.54, 1.807) is 0 Å². The molecule has 1 heterocycles. The van der Waals surface area contributed by atoms with Gasteiger partial charge in [-0.1, -0.05) is 78.9 Å². The summed E-state index contributed by atoms with van der Waals surface area (Å²) in [5.41, 5.74) is 7.44. The monoisotopic (exact) mass is 312 g/mol. The van der Waals surface area contributed by atoms with Gasteiger partial charge in [0.15, 0.2) is 0 Å². The van der Waals surface area contributed by atoms with Gasteiger partial charge in [-0.2, -0.15) is 0 Å². The van der Waals surface area contributed by atoms with Gasteiger partial charge in [-0.05, 0) is 33.9 Å². The Kier molecular flexibility index (Phi) is 4.13. The predicted molar refractivity (Wildman–Crippen MR) is 101 cm³/mol. The van der Waals surface area contributed by atoms with Crippen molar-refractivity contribution in [1.29, 1.82) is 0 Å². The molecule has 2 heteroatoms. The summed E-state index contributed by atoms with van der Waals surface area (Å²) in [6.07, 6.45) is 2.19. The molecule has 2 N–H and O–H groups in total. The van der Waals surface area contributed by atoms with E-state index in [1.807, 2.05) is 6.07 Å². The summed E-state index contributed by atoms with van der Waals surface area (Å²) in [4.78, 5) is 0. The molecule has 0 radical (unpaired) electrons. The van der Waals surface area contributed by atoms with Gasteiger partial charge in [0, 0.05) is 12.2 Å². The summed E-state index contributed by atoms with van der Waals surface area (Å²) in [5.74, 6) is 0. The number of hydrogen-bond donors (Lipinski definition) is 2. The van der Waals surface area contributed by atoms with Crippen molar-refractivity contribution in [3.05, 3.63) is 90.5 Å². The van der Waals surface area contributed by atoms with E-state index in [9.17, 15) is 0 Å². The molecule has 4 rings (SSSR count). The summed E-state index contributed by atoms with van der Waals surface area (Å²) in [6.45, 7) is 1.75. The Balaban J connectivity index is 1.56. The Labute approximate surface area is 142 Å². The lowest BCUT2D eigenvalue weighted by molar-refractivity contribution is 0.682. The van der Waals surface area contributed by atoms with E-state index in [0.717, 1.165) is 13.2 Å². The van der Waals surface area contributed by atoms with Gasteiger partial charge in [0.1, 0.15) is 0 Å². The molecule has 0 atom stereocenters. The van der Waals surface area contributed by atoms with Gasteiger partial charge < -0.3 is 5.32 Å². The fourth-order valence-corrected chi connectivity index (χ4v) is 3.02. The first-order chi connectivity index (χ1) is 11.9. The maximum atomic E-state index is 3.37. The van der Waals surface area contributed by atoms with Crippen LogP contribution in [-0.4, -0.2) is 13.2 Å². The minimum atomic E-state index is 0.828. The zero-order valence-electron chi connectivity index (χ0n) is 13.5. The molecule has 0 fully saturated rings. The van der Waals surface area contributed by atoms with Crippen LogP contribution in [0.25, 0.3) is 28.0 Å². The molecule has 0 aromatic heterocycles. The average Bonchev–Trinajstić information content (AvgIpc) is 2.70. The van der Waals surface area contributed by atoms with Crippen molar-refractivity contribution in [2.24, 2.45) is 0 Å². The van der Waals surface area contributed by atoms with E-state index >= 15 is 0 Å². The van der Waals surface area contributed by atoms with Crippen molar-refractivity contribution in [1.82, 2.24) is 10.6 Å². The van der Waals surface area contributed by atoms with Crippen LogP contribution in [0.4, 0.5) is 0 Å². The molecule has 0 spiro atoms. The number of nitrogens with one attached hydrogen (secondary N) is 2. The minimum absolute atomic E-state index is 0.828. The standard InChI is InChI=1S/C22H20N2/c1-2-4-17(5-3-1)18-6-8-19(9-7-18)20-10-12-21(13-11-20)22-14-15-23-16-24-22/h1-14,23-24H,15-16H2. The van der Waals surface area contributed by atoms with E-state index in [4.69, 9.17) is 0 Å².